The van der Waals surface area contributed by atoms with Crippen LogP contribution in [-0.4, -0.2) is 12.2 Å². The second-order valence-electron chi connectivity index (χ2n) is 15.1. The number of hydrogen-bond donors (Lipinski definition) is 0. The quantitative estimate of drug-likeness (QED) is 0.113. The van der Waals surface area contributed by atoms with E-state index in [1.54, 1.807) is 12.1 Å². The fourth-order valence-corrected chi connectivity index (χ4v) is 6.77. The number of rotatable bonds is 14. The third-order valence-electron chi connectivity index (χ3n) is 10.2. The van der Waals surface area contributed by atoms with Gasteiger partial charge in [-0.2, -0.15) is 0 Å². The lowest BCUT2D eigenvalue weighted by molar-refractivity contribution is -0.0753. The average Bonchev–Trinajstić information content (AvgIpc) is 3.14. The van der Waals surface area contributed by atoms with Crippen LogP contribution in [0.3, 0.4) is 0 Å². The number of hydrogen-bond acceptors (Lipinski definition) is 3. The van der Waals surface area contributed by atoms with Crippen LogP contribution in [0.25, 0.3) is 0 Å². The molecule has 0 N–H and O–H groups in total. The maximum absolute atomic E-state index is 15.2. The largest absolute Gasteiger partial charge is 0.454 e. The first-order valence-corrected chi connectivity index (χ1v) is 18.2. The van der Waals surface area contributed by atoms with Gasteiger partial charge < -0.3 is 14.2 Å². The highest BCUT2D eigenvalue weighted by molar-refractivity contribution is 5.39. The van der Waals surface area contributed by atoms with Gasteiger partial charge in [-0.3, -0.25) is 0 Å². The standard InChI is InChI=1S/C48H48F2O3/c1-33-15-13-17-37(27-33)47(3,4)45(31-35-23-25-41(49)43(29-35)51-39-19-9-7-10-20-39)53-46(48(5,6)38-18-14-16-34(2)28-38)32-36-24-26-42(50)44(30-36)52-40-21-11-8-12-22-40/h7-30,45-46H,31-32H2,1-6H3. The lowest BCUT2D eigenvalue weighted by Crippen LogP contribution is -2.46. The summed E-state index contributed by atoms with van der Waals surface area (Å²) in [6.07, 6.45) is 0.236. The molecule has 0 aromatic heterocycles. The van der Waals surface area contributed by atoms with Gasteiger partial charge in [0.15, 0.2) is 23.1 Å². The fourth-order valence-electron chi connectivity index (χ4n) is 6.77. The molecule has 0 spiro atoms. The summed E-state index contributed by atoms with van der Waals surface area (Å²) in [6.45, 7) is 13.0. The highest BCUT2D eigenvalue weighted by Gasteiger charge is 2.40. The zero-order valence-electron chi connectivity index (χ0n) is 31.4. The van der Waals surface area contributed by atoms with Crippen molar-refractivity contribution in [2.75, 3.05) is 0 Å². The molecule has 3 nitrogen and oxygen atoms in total. The molecular weight excluding hydrogens is 663 g/mol. The molecule has 0 bridgehead atoms. The summed E-state index contributed by atoms with van der Waals surface area (Å²) in [6, 6.07) is 45.6. The molecule has 0 saturated carbocycles. The van der Waals surface area contributed by atoms with Crippen molar-refractivity contribution < 1.29 is 23.0 Å². The van der Waals surface area contributed by atoms with E-state index in [1.165, 1.54) is 12.1 Å². The van der Waals surface area contributed by atoms with Crippen LogP contribution in [0, 0.1) is 25.5 Å². The van der Waals surface area contributed by atoms with Crippen molar-refractivity contribution in [1.82, 2.24) is 0 Å². The Balaban J connectivity index is 1.41. The highest BCUT2D eigenvalue weighted by atomic mass is 19.1. The molecule has 0 radical (unpaired) electrons. The van der Waals surface area contributed by atoms with Gasteiger partial charge in [-0.1, -0.05) is 136 Å². The Morgan fingerprint density at radius 2 is 0.868 bits per heavy atom. The molecule has 6 aromatic rings. The van der Waals surface area contributed by atoms with Gasteiger partial charge in [0.1, 0.15) is 11.5 Å². The lowest BCUT2D eigenvalue weighted by atomic mass is 9.74. The molecule has 0 amide bonds. The van der Waals surface area contributed by atoms with Gasteiger partial charge >= 0.3 is 0 Å². The second-order valence-corrected chi connectivity index (χ2v) is 15.1. The summed E-state index contributed by atoms with van der Waals surface area (Å²) in [5.41, 5.74) is 5.40. The Labute approximate surface area is 313 Å². The minimum absolute atomic E-state index is 0.162. The molecule has 0 saturated heterocycles. The van der Waals surface area contributed by atoms with Gasteiger partial charge in [-0.05, 0) is 97.5 Å². The first-order valence-electron chi connectivity index (χ1n) is 18.2. The number of ether oxygens (including phenoxy) is 3. The molecule has 272 valence electrons. The van der Waals surface area contributed by atoms with E-state index in [4.69, 9.17) is 14.2 Å². The number of halogens is 2. The van der Waals surface area contributed by atoms with Crippen molar-refractivity contribution in [1.29, 1.82) is 0 Å². The molecule has 0 aliphatic carbocycles. The smallest absolute Gasteiger partial charge is 0.165 e. The average molecular weight is 711 g/mol. The molecule has 5 heteroatoms. The van der Waals surface area contributed by atoms with Crippen molar-refractivity contribution in [3.8, 4) is 23.0 Å². The van der Waals surface area contributed by atoms with E-state index in [9.17, 15) is 0 Å². The number of aryl methyl sites for hydroxylation is 2. The first kappa shape index (κ1) is 37.5. The van der Waals surface area contributed by atoms with Crippen LogP contribution >= 0.6 is 0 Å². The molecular formula is C48H48F2O3. The summed E-state index contributed by atoms with van der Waals surface area (Å²) < 4.78 is 49.8. The van der Waals surface area contributed by atoms with Gasteiger partial charge in [0, 0.05) is 10.8 Å². The van der Waals surface area contributed by atoms with E-state index >= 15 is 8.78 Å². The SMILES string of the molecule is Cc1cccc(C(C)(C)C(Cc2ccc(F)c(Oc3ccccc3)c2)OC(Cc2ccc(F)c(Oc3ccccc3)c2)C(C)(C)c2cccc(C)c2)c1. The molecule has 0 fully saturated rings. The first-order chi connectivity index (χ1) is 25.4. The normalized spacial score (nSPS) is 13.0. The third-order valence-corrected chi connectivity index (χ3v) is 10.2. The van der Waals surface area contributed by atoms with Crippen molar-refractivity contribution in [3.05, 3.63) is 191 Å². The summed E-state index contributed by atoms with van der Waals surface area (Å²) in [5, 5.41) is 0. The van der Waals surface area contributed by atoms with Crippen molar-refractivity contribution >= 4 is 0 Å². The molecule has 53 heavy (non-hydrogen) atoms. The van der Waals surface area contributed by atoms with Crippen LogP contribution in [0.5, 0.6) is 23.0 Å². The van der Waals surface area contributed by atoms with E-state index in [1.807, 2.05) is 72.8 Å². The van der Waals surface area contributed by atoms with Crippen molar-refractivity contribution in [2.45, 2.75) is 77.4 Å². The van der Waals surface area contributed by atoms with E-state index in [0.717, 1.165) is 33.4 Å². The predicted molar refractivity (Wildman–Crippen MR) is 210 cm³/mol. The second kappa shape index (κ2) is 16.2. The van der Waals surface area contributed by atoms with Crippen LogP contribution < -0.4 is 9.47 Å². The maximum Gasteiger partial charge on any atom is 0.165 e. The monoisotopic (exact) mass is 710 g/mol. The van der Waals surface area contributed by atoms with Crippen LogP contribution in [0.1, 0.15) is 61.1 Å². The van der Waals surface area contributed by atoms with Crippen molar-refractivity contribution in [2.24, 2.45) is 0 Å². The van der Waals surface area contributed by atoms with Crippen LogP contribution in [0.2, 0.25) is 0 Å². The maximum atomic E-state index is 15.2. The summed E-state index contributed by atoms with van der Waals surface area (Å²) in [5.74, 6) is 0.578. The molecule has 2 unspecified atom stereocenters. The molecule has 6 rings (SSSR count). The Bertz CT molecular complexity index is 1970. The zero-order valence-corrected chi connectivity index (χ0v) is 31.4. The number of para-hydroxylation sites is 2. The Morgan fingerprint density at radius 1 is 0.472 bits per heavy atom. The van der Waals surface area contributed by atoms with Gasteiger partial charge in [0.05, 0.1) is 12.2 Å². The fraction of sp³-hybridized carbons (Fsp3) is 0.250. The molecule has 6 aromatic carbocycles. The minimum Gasteiger partial charge on any atom is -0.454 e. The zero-order chi connectivity index (χ0) is 37.6. The van der Waals surface area contributed by atoms with Crippen LogP contribution in [0.4, 0.5) is 8.78 Å². The Kier molecular flexibility index (Phi) is 11.4. The topological polar surface area (TPSA) is 27.7 Å². The molecule has 0 aliphatic heterocycles. The lowest BCUT2D eigenvalue weighted by Gasteiger charge is -2.43. The summed E-state index contributed by atoms with van der Waals surface area (Å²) in [7, 11) is 0. The number of benzene rings is 6. The van der Waals surface area contributed by atoms with Crippen LogP contribution in [-0.2, 0) is 28.4 Å². The highest BCUT2D eigenvalue weighted by Crippen LogP contribution is 2.39. The summed E-state index contributed by atoms with van der Waals surface area (Å²) in [4.78, 5) is 0. The Hall–Kier alpha value is -5.26. The van der Waals surface area contributed by atoms with Gasteiger partial charge in [-0.25, -0.2) is 8.78 Å². The molecule has 0 aliphatic rings. The van der Waals surface area contributed by atoms with Crippen molar-refractivity contribution in [3.63, 3.8) is 0 Å². The van der Waals surface area contributed by atoms with E-state index in [0.29, 0.717) is 24.3 Å². The third kappa shape index (κ3) is 9.22. The van der Waals surface area contributed by atoms with Gasteiger partial charge in [0.2, 0.25) is 0 Å². The van der Waals surface area contributed by atoms with Gasteiger partial charge in [-0.15, -0.1) is 0 Å². The molecule has 2 atom stereocenters. The summed E-state index contributed by atoms with van der Waals surface area (Å²) >= 11 is 0. The van der Waals surface area contributed by atoms with Crippen LogP contribution in [0.15, 0.2) is 146 Å². The Morgan fingerprint density at radius 3 is 1.25 bits per heavy atom. The minimum atomic E-state index is -0.480. The van der Waals surface area contributed by atoms with E-state index < -0.39 is 22.5 Å². The predicted octanol–water partition coefficient (Wildman–Crippen LogP) is 12.7. The molecule has 0 heterocycles. The van der Waals surface area contributed by atoms with Gasteiger partial charge in [0.25, 0.3) is 0 Å². The van der Waals surface area contributed by atoms with E-state index in [2.05, 4.69) is 90.1 Å². The van der Waals surface area contributed by atoms with E-state index in [-0.39, 0.29) is 23.7 Å².